The summed E-state index contributed by atoms with van der Waals surface area (Å²) in [6, 6.07) is 3.75. The van der Waals surface area contributed by atoms with Crippen molar-refractivity contribution in [3.8, 4) is 0 Å². The van der Waals surface area contributed by atoms with Gasteiger partial charge in [0.1, 0.15) is 6.04 Å². The van der Waals surface area contributed by atoms with E-state index in [9.17, 15) is 23.1 Å². The Balaban J connectivity index is 2.23. The van der Waals surface area contributed by atoms with Crippen LogP contribution in [0.25, 0.3) is 0 Å². The summed E-state index contributed by atoms with van der Waals surface area (Å²) in [6.45, 7) is 2.19. The average molecular weight is 366 g/mol. The number of hydrogen-bond acceptors (Lipinski definition) is 4. The molecule has 1 aromatic rings. The second kappa shape index (κ2) is 7.69. The zero-order chi connectivity index (χ0) is 18.6. The molecule has 1 amide bonds. The number of carboxylic acids is 1. The highest BCUT2D eigenvalue weighted by atomic mass is 32.2. The largest absolute Gasteiger partial charge is 0.480 e. The number of fused-ring (bicyclic) bond motifs is 1. The number of hydrogen-bond donors (Lipinski definition) is 2. The minimum absolute atomic E-state index is 0.199. The highest BCUT2D eigenvalue weighted by molar-refractivity contribution is 7.92. The molecule has 0 fully saturated rings. The molecule has 136 valence electrons. The molecular formula is C17H22N2O5S. The first-order valence-corrected chi connectivity index (χ1v) is 9.84. The van der Waals surface area contributed by atoms with Crippen molar-refractivity contribution < 1.29 is 23.1 Å². The third-order valence-corrected chi connectivity index (χ3v) is 5.21. The summed E-state index contributed by atoms with van der Waals surface area (Å²) >= 11 is 0. The molecule has 8 heteroatoms. The number of sulfonamides is 1. The van der Waals surface area contributed by atoms with E-state index in [4.69, 9.17) is 0 Å². The fourth-order valence-electron chi connectivity index (χ4n) is 2.78. The number of amides is 1. The van der Waals surface area contributed by atoms with Crippen LogP contribution >= 0.6 is 0 Å². The Kier molecular flexibility index (Phi) is 5.84. The summed E-state index contributed by atoms with van der Waals surface area (Å²) < 4.78 is 25.1. The van der Waals surface area contributed by atoms with Gasteiger partial charge in [-0.05, 0) is 49.9 Å². The van der Waals surface area contributed by atoms with Gasteiger partial charge in [0, 0.05) is 12.1 Å². The maximum absolute atomic E-state index is 12.4. The number of nitrogens with one attached hydrogen (secondary N) is 1. The first-order chi connectivity index (χ1) is 11.7. The van der Waals surface area contributed by atoms with Gasteiger partial charge < -0.3 is 10.4 Å². The molecule has 0 aliphatic carbocycles. The molecule has 7 nitrogen and oxygen atoms in total. The summed E-state index contributed by atoms with van der Waals surface area (Å²) in [5.74, 6) is -1.59. The van der Waals surface area contributed by atoms with Crippen molar-refractivity contribution in [2.75, 3.05) is 17.1 Å². The lowest BCUT2D eigenvalue weighted by atomic mass is 10.0. The van der Waals surface area contributed by atoms with E-state index < -0.39 is 27.9 Å². The molecule has 0 saturated carbocycles. The second-order valence-corrected chi connectivity index (χ2v) is 7.86. The summed E-state index contributed by atoms with van der Waals surface area (Å²) in [7, 11) is -3.37. The zero-order valence-electron chi connectivity index (χ0n) is 14.2. The van der Waals surface area contributed by atoms with Gasteiger partial charge in [0.15, 0.2) is 0 Å². The molecule has 0 spiro atoms. The maximum atomic E-state index is 12.4. The summed E-state index contributed by atoms with van der Waals surface area (Å²) in [6.07, 6.45) is 6.09. The number of carboxylic acid groups (broad SMARTS) is 1. The Morgan fingerprint density at radius 1 is 1.40 bits per heavy atom. The number of carbonyl (C=O) groups is 2. The lowest BCUT2D eigenvalue weighted by molar-refractivity contribution is -0.139. The topological polar surface area (TPSA) is 104 Å². The SMILES string of the molecule is C/C=C/CC(NC(=O)c1ccc2c(c1)CCCN2S(C)(=O)=O)C(=O)O. The Labute approximate surface area is 147 Å². The molecule has 1 aliphatic heterocycles. The van der Waals surface area contributed by atoms with Crippen LogP contribution in [0.3, 0.4) is 0 Å². The normalized spacial score (nSPS) is 15.7. The summed E-state index contributed by atoms with van der Waals surface area (Å²) in [4.78, 5) is 23.6. The quantitative estimate of drug-likeness (QED) is 0.744. The van der Waals surface area contributed by atoms with Crippen molar-refractivity contribution in [3.63, 3.8) is 0 Å². The van der Waals surface area contributed by atoms with Crippen LogP contribution in [0.5, 0.6) is 0 Å². The van der Waals surface area contributed by atoms with Crippen molar-refractivity contribution in [3.05, 3.63) is 41.5 Å². The first-order valence-electron chi connectivity index (χ1n) is 7.99. The van der Waals surface area contributed by atoms with Crippen LogP contribution in [0.1, 0.15) is 35.7 Å². The maximum Gasteiger partial charge on any atom is 0.326 e. The lowest BCUT2D eigenvalue weighted by Crippen LogP contribution is -2.40. The number of nitrogens with zero attached hydrogens (tertiary/aromatic N) is 1. The first kappa shape index (κ1) is 19.0. The highest BCUT2D eigenvalue weighted by Gasteiger charge is 2.25. The van der Waals surface area contributed by atoms with E-state index in [1.807, 2.05) is 0 Å². The molecule has 0 bridgehead atoms. The number of aryl methyl sites for hydroxylation is 1. The third-order valence-electron chi connectivity index (χ3n) is 4.03. The number of carbonyl (C=O) groups excluding carboxylic acids is 1. The molecule has 1 unspecified atom stereocenters. The van der Waals surface area contributed by atoms with E-state index in [0.717, 1.165) is 11.8 Å². The number of benzene rings is 1. The third kappa shape index (κ3) is 4.60. The van der Waals surface area contributed by atoms with Crippen LogP contribution in [-0.2, 0) is 21.2 Å². The van der Waals surface area contributed by atoms with Gasteiger partial charge in [-0.15, -0.1) is 0 Å². The molecule has 1 heterocycles. The number of allylic oxidation sites excluding steroid dienone is 1. The molecule has 0 aromatic heterocycles. The fraction of sp³-hybridized carbons (Fsp3) is 0.412. The predicted molar refractivity (Wildman–Crippen MR) is 95.3 cm³/mol. The van der Waals surface area contributed by atoms with Crippen molar-refractivity contribution >= 4 is 27.6 Å². The van der Waals surface area contributed by atoms with Gasteiger partial charge in [0.05, 0.1) is 11.9 Å². The molecule has 2 rings (SSSR count). The molecule has 1 aromatic carbocycles. The van der Waals surface area contributed by atoms with Crippen molar-refractivity contribution in [2.45, 2.75) is 32.2 Å². The Bertz CT molecular complexity index is 801. The highest BCUT2D eigenvalue weighted by Crippen LogP contribution is 2.29. The zero-order valence-corrected chi connectivity index (χ0v) is 15.0. The Hall–Kier alpha value is -2.35. The van der Waals surface area contributed by atoms with Crippen LogP contribution < -0.4 is 9.62 Å². The Morgan fingerprint density at radius 2 is 2.12 bits per heavy atom. The minimum Gasteiger partial charge on any atom is -0.480 e. The minimum atomic E-state index is -3.37. The Morgan fingerprint density at radius 3 is 2.72 bits per heavy atom. The van der Waals surface area contributed by atoms with Crippen LogP contribution in [0, 0.1) is 0 Å². The predicted octanol–water partition coefficient (Wildman–Crippen LogP) is 1.55. The molecule has 2 N–H and O–H groups in total. The van der Waals surface area contributed by atoms with Gasteiger partial charge in [0.25, 0.3) is 5.91 Å². The standard InChI is InChI=1S/C17H22N2O5S/c1-3-4-7-14(17(21)22)18-16(20)13-8-9-15-12(11-13)6-5-10-19(15)25(2,23)24/h3-4,8-9,11,14H,5-7,10H2,1-2H3,(H,18,20)(H,21,22)/b4-3+. The van der Waals surface area contributed by atoms with Crippen LogP contribution in [0.4, 0.5) is 5.69 Å². The number of anilines is 1. The van der Waals surface area contributed by atoms with Crippen molar-refractivity contribution in [1.82, 2.24) is 5.32 Å². The molecular weight excluding hydrogens is 344 g/mol. The summed E-state index contributed by atoms with van der Waals surface area (Å²) in [5.41, 5.74) is 1.67. The number of rotatable bonds is 6. The molecule has 25 heavy (non-hydrogen) atoms. The van der Waals surface area contributed by atoms with E-state index in [-0.39, 0.29) is 6.42 Å². The molecule has 1 aliphatic rings. The fourth-order valence-corrected chi connectivity index (χ4v) is 3.78. The smallest absolute Gasteiger partial charge is 0.326 e. The van der Waals surface area contributed by atoms with Crippen LogP contribution in [-0.4, -0.2) is 44.2 Å². The van der Waals surface area contributed by atoms with Crippen molar-refractivity contribution in [1.29, 1.82) is 0 Å². The lowest BCUT2D eigenvalue weighted by Gasteiger charge is -2.29. The van der Waals surface area contributed by atoms with Gasteiger partial charge >= 0.3 is 5.97 Å². The van der Waals surface area contributed by atoms with Gasteiger partial charge in [-0.25, -0.2) is 13.2 Å². The van der Waals surface area contributed by atoms with Gasteiger partial charge in [-0.3, -0.25) is 9.10 Å². The van der Waals surface area contributed by atoms with E-state index >= 15 is 0 Å². The van der Waals surface area contributed by atoms with E-state index in [1.165, 1.54) is 10.4 Å². The van der Waals surface area contributed by atoms with Crippen LogP contribution in [0.15, 0.2) is 30.4 Å². The molecule has 0 saturated heterocycles. The van der Waals surface area contributed by atoms with E-state index in [2.05, 4.69) is 5.32 Å². The average Bonchev–Trinajstić information content (AvgIpc) is 2.56. The monoisotopic (exact) mass is 366 g/mol. The van der Waals surface area contributed by atoms with Gasteiger partial charge in [-0.2, -0.15) is 0 Å². The number of aliphatic carboxylic acids is 1. The van der Waals surface area contributed by atoms with E-state index in [0.29, 0.717) is 30.6 Å². The summed E-state index contributed by atoms with van der Waals surface area (Å²) in [5, 5.41) is 11.7. The van der Waals surface area contributed by atoms with Crippen LogP contribution in [0.2, 0.25) is 0 Å². The van der Waals surface area contributed by atoms with Crippen molar-refractivity contribution in [2.24, 2.45) is 0 Å². The van der Waals surface area contributed by atoms with E-state index in [1.54, 1.807) is 31.2 Å². The van der Waals surface area contributed by atoms with Gasteiger partial charge in [-0.1, -0.05) is 12.2 Å². The molecule has 1 atom stereocenters. The van der Waals surface area contributed by atoms with Gasteiger partial charge in [0.2, 0.25) is 10.0 Å². The molecule has 0 radical (unpaired) electrons. The second-order valence-electron chi connectivity index (χ2n) is 5.95.